The summed E-state index contributed by atoms with van der Waals surface area (Å²) in [5, 5.41) is 10.6. The van der Waals surface area contributed by atoms with Crippen LogP contribution < -0.4 is 0 Å². The summed E-state index contributed by atoms with van der Waals surface area (Å²) >= 11 is 5.99. The van der Waals surface area contributed by atoms with Crippen LogP contribution in [0.4, 0.5) is 0 Å². The molecule has 0 bridgehead atoms. The third-order valence-electron chi connectivity index (χ3n) is 4.77. The van der Waals surface area contributed by atoms with E-state index >= 15 is 0 Å². The van der Waals surface area contributed by atoms with E-state index < -0.39 is 0 Å². The minimum atomic E-state index is -0.129. The monoisotopic (exact) mass is 279 g/mol. The van der Waals surface area contributed by atoms with E-state index in [9.17, 15) is 5.11 Å². The SMILES string of the molecule is OC1CCCN(CC2(c3ccc(Cl)cc3)CCC2)C1. The van der Waals surface area contributed by atoms with Gasteiger partial charge in [0, 0.05) is 23.5 Å². The first kappa shape index (κ1) is 13.4. The lowest BCUT2D eigenvalue weighted by molar-refractivity contribution is 0.0434. The Morgan fingerprint density at radius 3 is 2.53 bits per heavy atom. The van der Waals surface area contributed by atoms with Crippen molar-refractivity contribution in [2.45, 2.75) is 43.6 Å². The summed E-state index contributed by atoms with van der Waals surface area (Å²) in [4.78, 5) is 2.45. The number of hydrogen-bond donors (Lipinski definition) is 1. The van der Waals surface area contributed by atoms with Crippen molar-refractivity contribution in [3.63, 3.8) is 0 Å². The first-order valence-corrected chi connectivity index (χ1v) is 7.72. The van der Waals surface area contributed by atoms with Gasteiger partial charge in [0.05, 0.1) is 6.10 Å². The Morgan fingerprint density at radius 2 is 1.95 bits per heavy atom. The molecule has 1 atom stereocenters. The molecule has 1 aromatic carbocycles. The molecule has 2 aliphatic rings. The molecule has 1 aliphatic carbocycles. The number of aliphatic hydroxyl groups excluding tert-OH is 1. The van der Waals surface area contributed by atoms with Gasteiger partial charge in [0.15, 0.2) is 0 Å². The van der Waals surface area contributed by atoms with Gasteiger partial charge >= 0.3 is 0 Å². The lowest BCUT2D eigenvalue weighted by Crippen LogP contribution is -2.49. The van der Waals surface area contributed by atoms with Gasteiger partial charge in [0.1, 0.15) is 0 Å². The molecule has 104 valence electrons. The zero-order valence-corrected chi connectivity index (χ0v) is 12.1. The highest BCUT2D eigenvalue weighted by Crippen LogP contribution is 2.44. The van der Waals surface area contributed by atoms with Gasteiger partial charge in [-0.15, -0.1) is 0 Å². The highest BCUT2D eigenvalue weighted by Gasteiger charge is 2.40. The second-order valence-corrected chi connectivity index (χ2v) is 6.61. The molecule has 3 rings (SSSR count). The summed E-state index contributed by atoms with van der Waals surface area (Å²) in [6, 6.07) is 8.37. The van der Waals surface area contributed by atoms with Crippen molar-refractivity contribution < 1.29 is 5.11 Å². The van der Waals surface area contributed by atoms with Crippen molar-refractivity contribution in [2.75, 3.05) is 19.6 Å². The highest BCUT2D eigenvalue weighted by atomic mass is 35.5. The molecule has 0 spiro atoms. The Hall–Kier alpha value is -0.570. The van der Waals surface area contributed by atoms with Crippen molar-refractivity contribution in [3.8, 4) is 0 Å². The van der Waals surface area contributed by atoms with E-state index in [1.807, 2.05) is 12.1 Å². The zero-order chi connectivity index (χ0) is 13.3. The lowest BCUT2D eigenvalue weighted by atomic mass is 9.64. The largest absolute Gasteiger partial charge is 0.392 e. The van der Waals surface area contributed by atoms with Crippen LogP contribution in [-0.4, -0.2) is 35.7 Å². The Morgan fingerprint density at radius 1 is 1.21 bits per heavy atom. The number of β-amino-alcohol motifs (C(OH)–C–C–N with tert-alkyl or cyclic N) is 1. The quantitative estimate of drug-likeness (QED) is 0.918. The van der Waals surface area contributed by atoms with E-state index in [0.29, 0.717) is 5.41 Å². The van der Waals surface area contributed by atoms with E-state index in [2.05, 4.69) is 17.0 Å². The van der Waals surface area contributed by atoms with E-state index in [1.165, 1.54) is 24.8 Å². The maximum Gasteiger partial charge on any atom is 0.0667 e. The van der Waals surface area contributed by atoms with Crippen LogP contribution in [0.15, 0.2) is 24.3 Å². The molecule has 1 aromatic rings. The average Bonchev–Trinajstić information content (AvgIpc) is 2.35. The summed E-state index contributed by atoms with van der Waals surface area (Å²) < 4.78 is 0. The molecule has 1 aliphatic heterocycles. The van der Waals surface area contributed by atoms with Gasteiger partial charge in [-0.05, 0) is 49.9 Å². The van der Waals surface area contributed by atoms with Crippen LogP contribution in [0.3, 0.4) is 0 Å². The Kier molecular flexibility index (Phi) is 3.84. The predicted octanol–water partition coefficient (Wildman–Crippen LogP) is 3.22. The average molecular weight is 280 g/mol. The molecule has 2 fully saturated rings. The standard InChI is InChI=1S/C16H22ClNO/c17-14-6-4-13(5-7-14)16(8-2-9-16)12-18-10-1-3-15(19)11-18/h4-7,15,19H,1-3,8-12H2. The van der Waals surface area contributed by atoms with Gasteiger partial charge in [-0.2, -0.15) is 0 Å². The summed E-state index contributed by atoms with van der Waals surface area (Å²) in [6.07, 6.45) is 5.81. The zero-order valence-electron chi connectivity index (χ0n) is 11.3. The number of hydrogen-bond acceptors (Lipinski definition) is 2. The molecule has 1 saturated carbocycles. The highest BCUT2D eigenvalue weighted by molar-refractivity contribution is 6.30. The number of piperidine rings is 1. The minimum absolute atomic E-state index is 0.129. The van der Waals surface area contributed by atoms with E-state index in [4.69, 9.17) is 11.6 Å². The molecular weight excluding hydrogens is 258 g/mol. The van der Waals surface area contributed by atoms with E-state index in [-0.39, 0.29) is 6.10 Å². The second kappa shape index (κ2) is 5.43. The predicted molar refractivity (Wildman–Crippen MR) is 78.7 cm³/mol. The fraction of sp³-hybridized carbons (Fsp3) is 0.625. The maximum atomic E-state index is 9.81. The van der Waals surface area contributed by atoms with Crippen molar-refractivity contribution in [1.82, 2.24) is 4.90 Å². The summed E-state index contributed by atoms with van der Waals surface area (Å²) in [7, 11) is 0. The molecule has 2 nitrogen and oxygen atoms in total. The molecule has 19 heavy (non-hydrogen) atoms. The molecule has 1 unspecified atom stereocenters. The molecule has 0 radical (unpaired) electrons. The molecule has 1 heterocycles. The number of nitrogens with zero attached hydrogens (tertiary/aromatic N) is 1. The summed E-state index contributed by atoms with van der Waals surface area (Å²) in [5.74, 6) is 0. The van der Waals surface area contributed by atoms with Crippen LogP contribution >= 0.6 is 11.6 Å². The fourth-order valence-electron chi connectivity index (χ4n) is 3.55. The Balaban J connectivity index is 1.74. The Labute approximate surface area is 120 Å². The van der Waals surface area contributed by atoms with Crippen molar-refractivity contribution in [2.24, 2.45) is 0 Å². The minimum Gasteiger partial charge on any atom is -0.392 e. The third-order valence-corrected chi connectivity index (χ3v) is 5.03. The van der Waals surface area contributed by atoms with Crippen molar-refractivity contribution in [1.29, 1.82) is 0 Å². The first-order valence-electron chi connectivity index (χ1n) is 7.34. The first-order chi connectivity index (χ1) is 9.18. The third kappa shape index (κ3) is 2.81. The van der Waals surface area contributed by atoms with Crippen LogP contribution in [0.1, 0.15) is 37.7 Å². The van der Waals surface area contributed by atoms with Gasteiger partial charge in [-0.1, -0.05) is 30.2 Å². The van der Waals surface area contributed by atoms with E-state index in [0.717, 1.165) is 37.5 Å². The van der Waals surface area contributed by atoms with Crippen LogP contribution in [0.5, 0.6) is 0 Å². The van der Waals surface area contributed by atoms with Gasteiger partial charge < -0.3 is 5.11 Å². The molecule has 0 aromatic heterocycles. The van der Waals surface area contributed by atoms with Gasteiger partial charge in [0.2, 0.25) is 0 Å². The molecule has 3 heteroatoms. The van der Waals surface area contributed by atoms with Gasteiger partial charge in [-0.25, -0.2) is 0 Å². The smallest absolute Gasteiger partial charge is 0.0667 e. The number of benzene rings is 1. The molecule has 0 amide bonds. The molecule has 1 saturated heterocycles. The maximum absolute atomic E-state index is 9.81. The van der Waals surface area contributed by atoms with Gasteiger partial charge in [-0.3, -0.25) is 4.90 Å². The fourth-order valence-corrected chi connectivity index (χ4v) is 3.67. The Bertz CT molecular complexity index is 427. The van der Waals surface area contributed by atoms with Gasteiger partial charge in [0.25, 0.3) is 0 Å². The van der Waals surface area contributed by atoms with Crippen LogP contribution in [0.25, 0.3) is 0 Å². The van der Waals surface area contributed by atoms with E-state index in [1.54, 1.807) is 0 Å². The van der Waals surface area contributed by atoms with Crippen LogP contribution in [0.2, 0.25) is 5.02 Å². The normalized spacial score (nSPS) is 26.9. The van der Waals surface area contributed by atoms with Crippen LogP contribution in [-0.2, 0) is 5.41 Å². The van der Waals surface area contributed by atoms with Crippen LogP contribution in [0, 0.1) is 0 Å². The summed E-state index contributed by atoms with van der Waals surface area (Å²) in [6.45, 7) is 3.06. The molecule has 1 N–H and O–H groups in total. The number of likely N-dealkylation sites (tertiary alicyclic amines) is 1. The topological polar surface area (TPSA) is 23.5 Å². The molecular formula is C16H22ClNO. The van der Waals surface area contributed by atoms with Crippen molar-refractivity contribution in [3.05, 3.63) is 34.9 Å². The number of aliphatic hydroxyl groups is 1. The van der Waals surface area contributed by atoms with Crippen molar-refractivity contribution >= 4 is 11.6 Å². The lowest BCUT2D eigenvalue weighted by Gasteiger charge is -2.47. The number of halogens is 1. The number of rotatable bonds is 3. The second-order valence-electron chi connectivity index (χ2n) is 6.17. The summed E-state index contributed by atoms with van der Waals surface area (Å²) in [5.41, 5.74) is 1.73.